The maximum absolute atomic E-state index is 12.6. The summed E-state index contributed by atoms with van der Waals surface area (Å²) in [5.41, 5.74) is 0.666. The van der Waals surface area contributed by atoms with E-state index >= 15 is 0 Å². The summed E-state index contributed by atoms with van der Waals surface area (Å²) in [6.07, 6.45) is 1.86. The lowest BCUT2D eigenvalue weighted by molar-refractivity contribution is -0.384. The largest absolute Gasteiger partial charge is 0.493 e. The Morgan fingerprint density at radius 2 is 2.07 bits per heavy atom. The van der Waals surface area contributed by atoms with Crippen LogP contribution in [0.5, 0.6) is 5.75 Å². The maximum Gasteiger partial charge on any atom is 0.271 e. The number of benzene rings is 2. The number of halogens is 1. The standard InChI is InChI=1S/C18H18BrN3O4S/c1-2-3-9-26-16-8-7-12(19)10-15(16)17(23)21-18(27)20-13-5-4-6-14(11-13)22(24)25/h4-8,10-11H,2-3,9H2,1H3,(H2,20,21,23,27). The van der Waals surface area contributed by atoms with Gasteiger partial charge in [-0.05, 0) is 42.9 Å². The molecule has 1 amide bonds. The van der Waals surface area contributed by atoms with Gasteiger partial charge < -0.3 is 10.1 Å². The number of hydrogen-bond donors (Lipinski definition) is 2. The van der Waals surface area contributed by atoms with Crippen molar-refractivity contribution in [3.05, 3.63) is 62.6 Å². The molecule has 0 aliphatic rings. The first-order valence-corrected chi connectivity index (χ1v) is 9.40. The molecule has 27 heavy (non-hydrogen) atoms. The van der Waals surface area contributed by atoms with E-state index < -0.39 is 10.8 Å². The topological polar surface area (TPSA) is 93.5 Å². The molecule has 2 N–H and O–H groups in total. The van der Waals surface area contributed by atoms with E-state index in [2.05, 4.69) is 33.5 Å². The number of hydrogen-bond acceptors (Lipinski definition) is 5. The van der Waals surface area contributed by atoms with E-state index in [9.17, 15) is 14.9 Å². The summed E-state index contributed by atoms with van der Waals surface area (Å²) in [4.78, 5) is 22.9. The monoisotopic (exact) mass is 451 g/mol. The lowest BCUT2D eigenvalue weighted by Gasteiger charge is -2.13. The smallest absolute Gasteiger partial charge is 0.271 e. The van der Waals surface area contributed by atoms with Gasteiger partial charge in [0.1, 0.15) is 5.75 Å². The average molecular weight is 452 g/mol. The number of anilines is 1. The Balaban J connectivity index is 2.07. The van der Waals surface area contributed by atoms with Gasteiger partial charge in [-0.1, -0.05) is 35.3 Å². The highest BCUT2D eigenvalue weighted by atomic mass is 79.9. The number of nitrogens with zero attached hydrogens (tertiary/aromatic N) is 1. The number of nitrogens with one attached hydrogen (secondary N) is 2. The Morgan fingerprint density at radius 1 is 1.30 bits per heavy atom. The zero-order chi connectivity index (χ0) is 19.8. The third-order valence-corrected chi connectivity index (χ3v) is 4.18. The molecule has 0 unspecified atom stereocenters. The SMILES string of the molecule is CCCCOc1ccc(Br)cc1C(=O)NC(=S)Nc1cccc([N+](=O)[O-])c1. The first-order valence-electron chi connectivity index (χ1n) is 8.20. The zero-order valence-corrected chi connectivity index (χ0v) is 16.9. The molecule has 0 saturated heterocycles. The van der Waals surface area contributed by atoms with Crippen LogP contribution >= 0.6 is 28.1 Å². The lowest BCUT2D eigenvalue weighted by atomic mass is 10.2. The van der Waals surface area contributed by atoms with Gasteiger partial charge in [-0.15, -0.1) is 0 Å². The first kappa shape index (κ1) is 20.8. The predicted molar refractivity (Wildman–Crippen MR) is 111 cm³/mol. The van der Waals surface area contributed by atoms with Crippen molar-refractivity contribution in [3.63, 3.8) is 0 Å². The molecule has 0 aliphatic carbocycles. The van der Waals surface area contributed by atoms with Crippen molar-refractivity contribution in [2.75, 3.05) is 11.9 Å². The Bertz CT molecular complexity index is 860. The number of rotatable bonds is 7. The van der Waals surface area contributed by atoms with E-state index in [1.807, 2.05) is 0 Å². The maximum atomic E-state index is 12.6. The second-order valence-corrected chi connectivity index (χ2v) is 6.88. The normalized spacial score (nSPS) is 10.1. The predicted octanol–water partition coefficient (Wildman–Crippen LogP) is 4.66. The highest BCUT2D eigenvalue weighted by Crippen LogP contribution is 2.24. The van der Waals surface area contributed by atoms with Crippen LogP contribution in [0.15, 0.2) is 46.9 Å². The molecule has 0 heterocycles. The molecule has 0 aliphatic heterocycles. The minimum atomic E-state index is -0.506. The van der Waals surface area contributed by atoms with Crippen molar-refractivity contribution in [1.82, 2.24) is 5.32 Å². The minimum absolute atomic E-state index is 0.0278. The molecule has 9 heteroatoms. The van der Waals surface area contributed by atoms with Crippen molar-refractivity contribution in [3.8, 4) is 5.75 Å². The second-order valence-electron chi connectivity index (χ2n) is 5.56. The van der Waals surface area contributed by atoms with Gasteiger partial charge in [0.2, 0.25) is 0 Å². The van der Waals surface area contributed by atoms with Crippen molar-refractivity contribution in [1.29, 1.82) is 0 Å². The fourth-order valence-electron chi connectivity index (χ4n) is 2.16. The molecule has 0 aromatic heterocycles. The molecule has 2 aromatic carbocycles. The second kappa shape index (κ2) is 9.98. The Morgan fingerprint density at radius 3 is 2.78 bits per heavy atom. The molecular formula is C18H18BrN3O4S. The molecule has 0 saturated carbocycles. The molecule has 0 bridgehead atoms. The van der Waals surface area contributed by atoms with Gasteiger partial charge in [-0.3, -0.25) is 20.2 Å². The molecule has 0 fully saturated rings. The highest BCUT2D eigenvalue weighted by molar-refractivity contribution is 9.10. The van der Waals surface area contributed by atoms with Crippen molar-refractivity contribution in [2.24, 2.45) is 0 Å². The van der Waals surface area contributed by atoms with Crippen LogP contribution in [0, 0.1) is 10.1 Å². The Kier molecular flexibility index (Phi) is 7.68. The number of amides is 1. The Labute approximate surface area is 170 Å². The van der Waals surface area contributed by atoms with Gasteiger partial charge in [-0.25, -0.2) is 0 Å². The molecule has 142 valence electrons. The molecule has 0 radical (unpaired) electrons. The minimum Gasteiger partial charge on any atom is -0.493 e. The van der Waals surface area contributed by atoms with Gasteiger partial charge >= 0.3 is 0 Å². The van der Waals surface area contributed by atoms with Crippen LogP contribution in [0.25, 0.3) is 0 Å². The van der Waals surface area contributed by atoms with Gasteiger partial charge in [0, 0.05) is 22.3 Å². The number of non-ortho nitro benzene ring substituents is 1. The number of thiocarbonyl (C=S) groups is 1. The van der Waals surface area contributed by atoms with E-state index in [1.54, 1.807) is 24.3 Å². The summed E-state index contributed by atoms with van der Waals surface area (Å²) in [6.45, 7) is 2.56. The van der Waals surface area contributed by atoms with Crippen LogP contribution in [0.2, 0.25) is 0 Å². The van der Waals surface area contributed by atoms with E-state index in [0.717, 1.165) is 17.3 Å². The molecule has 2 rings (SSSR count). The van der Waals surface area contributed by atoms with Crippen molar-refractivity contribution in [2.45, 2.75) is 19.8 Å². The fourth-order valence-corrected chi connectivity index (χ4v) is 2.73. The van der Waals surface area contributed by atoms with Crippen LogP contribution in [0.4, 0.5) is 11.4 Å². The summed E-state index contributed by atoms with van der Waals surface area (Å²) in [6, 6.07) is 11.0. The molecule has 7 nitrogen and oxygen atoms in total. The van der Waals surface area contributed by atoms with E-state index in [4.69, 9.17) is 17.0 Å². The van der Waals surface area contributed by atoms with Crippen LogP contribution in [0.3, 0.4) is 0 Å². The average Bonchev–Trinajstić information content (AvgIpc) is 2.63. The third-order valence-electron chi connectivity index (χ3n) is 3.48. The van der Waals surface area contributed by atoms with Crippen LogP contribution in [0.1, 0.15) is 30.1 Å². The highest BCUT2D eigenvalue weighted by Gasteiger charge is 2.15. The molecule has 0 spiro atoms. The number of nitro benzene ring substituents is 1. The van der Waals surface area contributed by atoms with Crippen molar-refractivity contribution < 1.29 is 14.5 Å². The summed E-state index contributed by atoms with van der Waals surface area (Å²) in [5.74, 6) is 0.0213. The van der Waals surface area contributed by atoms with Gasteiger partial charge in [-0.2, -0.15) is 0 Å². The fraction of sp³-hybridized carbons (Fsp3) is 0.222. The number of unbranched alkanes of at least 4 members (excludes halogenated alkanes) is 1. The van der Waals surface area contributed by atoms with E-state index in [1.165, 1.54) is 18.2 Å². The van der Waals surface area contributed by atoms with Gasteiger partial charge in [0.15, 0.2) is 5.11 Å². The first-order chi connectivity index (χ1) is 12.9. The van der Waals surface area contributed by atoms with Crippen LogP contribution in [-0.2, 0) is 0 Å². The number of nitro groups is 1. The lowest BCUT2D eigenvalue weighted by Crippen LogP contribution is -2.34. The van der Waals surface area contributed by atoms with Gasteiger partial charge in [0.25, 0.3) is 11.6 Å². The number of carbonyl (C=O) groups is 1. The van der Waals surface area contributed by atoms with Gasteiger partial charge in [0.05, 0.1) is 17.1 Å². The number of ether oxygens (including phenoxy) is 1. The van der Waals surface area contributed by atoms with Crippen LogP contribution in [-0.4, -0.2) is 22.5 Å². The summed E-state index contributed by atoms with van der Waals surface area (Å²) >= 11 is 8.48. The van der Waals surface area contributed by atoms with E-state index in [-0.39, 0.29) is 10.8 Å². The summed E-state index contributed by atoms with van der Waals surface area (Å²) in [7, 11) is 0. The molecule has 2 aromatic rings. The van der Waals surface area contributed by atoms with Crippen LogP contribution < -0.4 is 15.4 Å². The van der Waals surface area contributed by atoms with Crippen molar-refractivity contribution >= 4 is 50.5 Å². The quantitative estimate of drug-likeness (QED) is 0.275. The van der Waals surface area contributed by atoms with E-state index in [0.29, 0.717) is 23.6 Å². The summed E-state index contributed by atoms with van der Waals surface area (Å²) in [5, 5.41) is 16.2. The molecular weight excluding hydrogens is 434 g/mol. The number of carbonyl (C=O) groups excluding carboxylic acids is 1. The third kappa shape index (κ3) is 6.30. The zero-order valence-electron chi connectivity index (χ0n) is 14.5. The summed E-state index contributed by atoms with van der Waals surface area (Å²) < 4.78 is 6.40. The molecule has 0 atom stereocenters. The Hall–Kier alpha value is -2.52.